The number of allylic oxidation sites excluding steroid dienone is 7. The Bertz CT molecular complexity index is 699. The van der Waals surface area contributed by atoms with Gasteiger partial charge in [0.25, 0.3) is 0 Å². The average molecular weight is 341 g/mol. The van der Waals surface area contributed by atoms with E-state index in [9.17, 15) is 10.2 Å². The molecule has 0 fully saturated rings. The van der Waals surface area contributed by atoms with E-state index in [0.29, 0.717) is 12.0 Å². The van der Waals surface area contributed by atoms with Gasteiger partial charge in [-0.2, -0.15) is 0 Å². The Morgan fingerprint density at radius 2 is 1.72 bits per heavy atom. The monoisotopic (exact) mass is 340 g/mol. The van der Waals surface area contributed by atoms with Gasteiger partial charge in [0.15, 0.2) is 0 Å². The molecule has 0 saturated heterocycles. The third kappa shape index (κ3) is 7.93. The molecule has 0 atom stereocenters. The van der Waals surface area contributed by atoms with Crippen LogP contribution in [-0.4, -0.2) is 10.2 Å². The fraction of sp³-hybridized carbons (Fsp3) is 0.391. The summed E-state index contributed by atoms with van der Waals surface area (Å²) >= 11 is 0. The number of rotatable bonds is 8. The smallest absolute Gasteiger partial charge is 0.122 e. The van der Waals surface area contributed by atoms with Gasteiger partial charge >= 0.3 is 0 Å². The lowest BCUT2D eigenvalue weighted by atomic mass is 10.0. The van der Waals surface area contributed by atoms with Crippen LogP contribution in [0, 0.1) is 6.92 Å². The van der Waals surface area contributed by atoms with Crippen molar-refractivity contribution in [1.82, 2.24) is 0 Å². The van der Waals surface area contributed by atoms with Crippen LogP contribution in [0.4, 0.5) is 0 Å². The summed E-state index contributed by atoms with van der Waals surface area (Å²) in [6.07, 6.45) is 10.1. The standard InChI is InChI=1S/C23H32O2/c1-16(2)8-7-9-17(3)12-19(5)13-18(4)10-11-21-15-22(24)14-20(6)23(21)25/h8,10,12,14-15,24-25H,5,7,9,11,13H2,1-4,6H3/b17-12+,18-10+. The maximum absolute atomic E-state index is 10.1. The zero-order valence-electron chi connectivity index (χ0n) is 16.3. The molecule has 2 nitrogen and oxygen atoms in total. The van der Waals surface area contributed by atoms with Gasteiger partial charge in [0, 0.05) is 5.56 Å². The highest BCUT2D eigenvalue weighted by atomic mass is 16.3. The molecule has 0 saturated carbocycles. The molecule has 0 aliphatic rings. The highest BCUT2D eigenvalue weighted by Crippen LogP contribution is 2.28. The van der Waals surface area contributed by atoms with Crippen molar-refractivity contribution in [3.63, 3.8) is 0 Å². The first-order valence-electron chi connectivity index (χ1n) is 8.84. The van der Waals surface area contributed by atoms with Gasteiger partial charge in [-0.3, -0.25) is 0 Å². The fourth-order valence-electron chi connectivity index (χ4n) is 2.76. The Morgan fingerprint density at radius 1 is 1.04 bits per heavy atom. The first-order valence-corrected chi connectivity index (χ1v) is 8.84. The predicted octanol–water partition coefficient (Wildman–Crippen LogP) is 6.53. The van der Waals surface area contributed by atoms with Crippen LogP contribution in [0.1, 0.15) is 58.1 Å². The van der Waals surface area contributed by atoms with E-state index in [-0.39, 0.29) is 11.5 Å². The fourth-order valence-corrected chi connectivity index (χ4v) is 2.76. The Morgan fingerprint density at radius 3 is 2.36 bits per heavy atom. The van der Waals surface area contributed by atoms with Gasteiger partial charge in [0.2, 0.25) is 0 Å². The number of aryl methyl sites for hydroxylation is 1. The molecule has 0 aliphatic heterocycles. The van der Waals surface area contributed by atoms with Crippen LogP contribution >= 0.6 is 0 Å². The number of benzene rings is 1. The van der Waals surface area contributed by atoms with E-state index >= 15 is 0 Å². The third-order valence-electron chi connectivity index (χ3n) is 4.08. The van der Waals surface area contributed by atoms with E-state index in [0.717, 1.165) is 30.4 Å². The van der Waals surface area contributed by atoms with Gasteiger partial charge in [-0.05, 0) is 78.0 Å². The largest absolute Gasteiger partial charge is 0.508 e. The summed E-state index contributed by atoms with van der Waals surface area (Å²) in [5, 5.41) is 19.8. The van der Waals surface area contributed by atoms with Crippen molar-refractivity contribution in [2.45, 2.75) is 60.3 Å². The predicted molar refractivity (Wildman–Crippen MR) is 108 cm³/mol. The molecule has 0 unspecified atom stereocenters. The summed E-state index contributed by atoms with van der Waals surface area (Å²) in [5.41, 5.74) is 6.45. The Kier molecular flexibility index (Phi) is 8.27. The molecule has 0 aromatic heterocycles. The number of phenols is 2. The van der Waals surface area contributed by atoms with Crippen LogP contribution < -0.4 is 0 Å². The topological polar surface area (TPSA) is 40.5 Å². The van der Waals surface area contributed by atoms with Crippen molar-refractivity contribution in [2.75, 3.05) is 0 Å². The molecule has 25 heavy (non-hydrogen) atoms. The van der Waals surface area contributed by atoms with E-state index in [1.54, 1.807) is 19.1 Å². The second-order valence-corrected chi connectivity index (χ2v) is 7.17. The van der Waals surface area contributed by atoms with Crippen molar-refractivity contribution in [2.24, 2.45) is 0 Å². The van der Waals surface area contributed by atoms with Crippen molar-refractivity contribution in [1.29, 1.82) is 0 Å². The van der Waals surface area contributed by atoms with E-state index in [1.807, 2.05) is 0 Å². The molecular formula is C23H32O2. The van der Waals surface area contributed by atoms with Gasteiger partial charge in [-0.25, -0.2) is 0 Å². The number of hydrogen-bond donors (Lipinski definition) is 2. The molecule has 0 spiro atoms. The number of hydrogen-bond acceptors (Lipinski definition) is 2. The van der Waals surface area contributed by atoms with Crippen molar-refractivity contribution in [3.8, 4) is 11.5 Å². The minimum atomic E-state index is 0.190. The first-order chi connectivity index (χ1) is 11.7. The van der Waals surface area contributed by atoms with E-state index in [4.69, 9.17) is 0 Å². The minimum absolute atomic E-state index is 0.190. The molecule has 0 radical (unpaired) electrons. The lowest BCUT2D eigenvalue weighted by Gasteiger charge is -2.08. The SMILES string of the molecule is C=C(/C=C(\C)CCC=C(C)C)C/C(C)=C/Cc1cc(O)cc(C)c1O. The molecule has 0 amide bonds. The second-order valence-electron chi connectivity index (χ2n) is 7.17. The Labute approximate surface area is 152 Å². The molecule has 1 aromatic carbocycles. The molecule has 1 aromatic rings. The van der Waals surface area contributed by atoms with Gasteiger partial charge in [0.05, 0.1) is 0 Å². The quantitative estimate of drug-likeness (QED) is 0.321. The van der Waals surface area contributed by atoms with Crippen LogP contribution in [0.3, 0.4) is 0 Å². The molecule has 0 bridgehead atoms. The van der Waals surface area contributed by atoms with Gasteiger partial charge in [0.1, 0.15) is 11.5 Å². The second kappa shape index (κ2) is 9.93. The van der Waals surface area contributed by atoms with Gasteiger partial charge < -0.3 is 10.2 Å². The van der Waals surface area contributed by atoms with Crippen molar-refractivity contribution >= 4 is 0 Å². The first kappa shape index (κ1) is 20.8. The normalized spacial score (nSPS) is 12.2. The van der Waals surface area contributed by atoms with Gasteiger partial charge in [-0.1, -0.05) is 47.1 Å². The molecule has 136 valence electrons. The lowest BCUT2D eigenvalue weighted by Crippen LogP contribution is -1.89. The third-order valence-corrected chi connectivity index (χ3v) is 4.08. The van der Waals surface area contributed by atoms with Gasteiger partial charge in [-0.15, -0.1) is 0 Å². The molecule has 0 heterocycles. The van der Waals surface area contributed by atoms with Crippen LogP contribution in [0.25, 0.3) is 0 Å². The summed E-state index contributed by atoms with van der Waals surface area (Å²) in [6, 6.07) is 3.19. The highest BCUT2D eigenvalue weighted by Gasteiger charge is 2.06. The summed E-state index contributed by atoms with van der Waals surface area (Å²) in [4.78, 5) is 0. The summed E-state index contributed by atoms with van der Waals surface area (Å²) in [5.74, 6) is 0.450. The summed E-state index contributed by atoms with van der Waals surface area (Å²) in [6.45, 7) is 14.4. The number of phenolic OH excluding ortho intramolecular Hbond substituents is 2. The molecule has 2 heteroatoms. The minimum Gasteiger partial charge on any atom is -0.508 e. The Hall–Kier alpha value is -2.22. The van der Waals surface area contributed by atoms with E-state index < -0.39 is 0 Å². The average Bonchev–Trinajstić information content (AvgIpc) is 2.48. The maximum Gasteiger partial charge on any atom is 0.122 e. The van der Waals surface area contributed by atoms with Crippen LogP contribution in [0.15, 0.2) is 59.2 Å². The Balaban J connectivity index is 2.63. The molecule has 0 aliphatic carbocycles. The zero-order valence-corrected chi connectivity index (χ0v) is 16.3. The molecular weight excluding hydrogens is 308 g/mol. The molecule has 1 rings (SSSR count). The van der Waals surface area contributed by atoms with Crippen LogP contribution in [-0.2, 0) is 6.42 Å². The van der Waals surface area contributed by atoms with Crippen molar-refractivity contribution < 1.29 is 10.2 Å². The zero-order chi connectivity index (χ0) is 19.0. The molecule has 2 N–H and O–H groups in total. The van der Waals surface area contributed by atoms with E-state index in [2.05, 4.69) is 52.5 Å². The van der Waals surface area contributed by atoms with Crippen LogP contribution in [0.2, 0.25) is 0 Å². The maximum atomic E-state index is 10.1. The summed E-state index contributed by atoms with van der Waals surface area (Å²) < 4.78 is 0. The number of aromatic hydroxyl groups is 2. The van der Waals surface area contributed by atoms with E-state index in [1.165, 1.54) is 16.7 Å². The summed E-state index contributed by atoms with van der Waals surface area (Å²) in [7, 11) is 0. The van der Waals surface area contributed by atoms with Crippen molar-refractivity contribution in [3.05, 3.63) is 70.4 Å². The lowest BCUT2D eigenvalue weighted by molar-refractivity contribution is 0.451. The van der Waals surface area contributed by atoms with Crippen LogP contribution in [0.5, 0.6) is 11.5 Å². The highest BCUT2D eigenvalue weighted by molar-refractivity contribution is 5.46.